The largest absolute Gasteiger partial charge is 0.326 e. The second-order valence-electron chi connectivity index (χ2n) is 4.44. The van der Waals surface area contributed by atoms with E-state index in [1.54, 1.807) is 6.07 Å². The van der Waals surface area contributed by atoms with Gasteiger partial charge in [0.05, 0.1) is 10.6 Å². The minimum atomic E-state index is -3.90. The Labute approximate surface area is 141 Å². The first-order valence-electron chi connectivity index (χ1n) is 6.13. The minimum absolute atomic E-state index is 0.0282. The highest BCUT2D eigenvalue weighted by atomic mass is 127. The van der Waals surface area contributed by atoms with Crippen LogP contribution in [0.1, 0.15) is 6.92 Å². The van der Waals surface area contributed by atoms with E-state index < -0.39 is 15.8 Å². The molecule has 116 valence electrons. The Hall–Kier alpha value is -1.68. The van der Waals surface area contributed by atoms with Crippen molar-refractivity contribution in [2.45, 2.75) is 11.8 Å². The van der Waals surface area contributed by atoms with Crippen LogP contribution in [0, 0.1) is 9.39 Å². The van der Waals surface area contributed by atoms with Gasteiger partial charge in [-0.25, -0.2) is 12.8 Å². The molecule has 1 amide bonds. The van der Waals surface area contributed by atoms with E-state index >= 15 is 0 Å². The van der Waals surface area contributed by atoms with Gasteiger partial charge in [0, 0.05) is 16.2 Å². The lowest BCUT2D eigenvalue weighted by molar-refractivity contribution is -0.114. The number of carbonyl (C=O) groups is 1. The van der Waals surface area contributed by atoms with Crippen molar-refractivity contribution in [3.8, 4) is 0 Å². The molecule has 0 saturated carbocycles. The summed E-state index contributed by atoms with van der Waals surface area (Å²) >= 11 is 1.93. The van der Waals surface area contributed by atoms with E-state index in [0.717, 1.165) is 0 Å². The van der Waals surface area contributed by atoms with Crippen LogP contribution in [0.3, 0.4) is 0 Å². The highest BCUT2D eigenvalue weighted by Crippen LogP contribution is 2.22. The number of nitrogens with one attached hydrogen (secondary N) is 2. The Kier molecular flexibility index (Phi) is 5.01. The maximum atomic E-state index is 13.7. The van der Waals surface area contributed by atoms with Crippen molar-refractivity contribution in [1.82, 2.24) is 0 Å². The maximum absolute atomic E-state index is 13.7. The second-order valence-corrected chi connectivity index (χ2v) is 7.36. The van der Waals surface area contributed by atoms with Crippen LogP contribution in [0.4, 0.5) is 15.8 Å². The zero-order valence-corrected chi connectivity index (χ0v) is 14.4. The summed E-state index contributed by atoms with van der Waals surface area (Å²) < 4.78 is 41.0. The molecule has 0 unspecified atom stereocenters. The van der Waals surface area contributed by atoms with Crippen LogP contribution in [-0.4, -0.2) is 14.3 Å². The number of anilines is 2. The molecule has 0 saturated heterocycles. The molecule has 0 atom stereocenters. The molecule has 2 aromatic carbocycles. The van der Waals surface area contributed by atoms with Gasteiger partial charge in [-0.15, -0.1) is 0 Å². The fourth-order valence-electron chi connectivity index (χ4n) is 1.70. The van der Waals surface area contributed by atoms with Crippen molar-refractivity contribution in [1.29, 1.82) is 0 Å². The molecule has 2 rings (SSSR count). The van der Waals surface area contributed by atoms with Crippen LogP contribution in [-0.2, 0) is 14.8 Å². The van der Waals surface area contributed by atoms with Crippen molar-refractivity contribution in [3.63, 3.8) is 0 Å². The molecule has 2 aromatic rings. The van der Waals surface area contributed by atoms with Crippen molar-refractivity contribution in [2.75, 3.05) is 10.0 Å². The van der Waals surface area contributed by atoms with E-state index in [-0.39, 0.29) is 16.5 Å². The minimum Gasteiger partial charge on any atom is -0.326 e. The van der Waals surface area contributed by atoms with Gasteiger partial charge in [0.15, 0.2) is 0 Å². The molecule has 2 N–H and O–H groups in total. The quantitative estimate of drug-likeness (QED) is 0.727. The second kappa shape index (κ2) is 6.61. The van der Waals surface area contributed by atoms with Crippen LogP contribution < -0.4 is 10.0 Å². The molecule has 0 aliphatic heterocycles. The SMILES string of the molecule is CC(=O)Nc1ccc(S(=O)(=O)Nc2ccc(I)cc2F)cc1. The average Bonchev–Trinajstić information content (AvgIpc) is 2.42. The van der Waals surface area contributed by atoms with Gasteiger partial charge in [0.1, 0.15) is 5.82 Å². The number of amides is 1. The summed E-state index contributed by atoms with van der Waals surface area (Å²) in [7, 11) is -3.90. The molecular weight excluding hydrogens is 422 g/mol. The van der Waals surface area contributed by atoms with E-state index in [2.05, 4.69) is 10.0 Å². The lowest BCUT2D eigenvalue weighted by atomic mass is 10.3. The molecule has 8 heteroatoms. The third kappa shape index (κ3) is 4.17. The van der Waals surface area contributed by atoms with E-state index in [1.807, 2.05) is 22.6 Å². The number of rotatable bonds is 4. The van der Waals surface area contributed by atoms with Crippen molar-refractivity contribution >= 4 is 49.9 Å². The summed E-state index contributed by atoms with van der Waals surface area (Å²) in [4.78, 5) is 10.9. The Morgan fingerprint density at radius 3 is 2.32 bits per heavy atom. The van der Waals surface area contributed by atoms with Crippen LogP contribution >= 0.6 is 22.6 Å². The summed E-state index contributed by atoms with van der Waals surface area (Å²) in [6.07, 6.45) is 0. The van der Waals surface area contributed by atoms with Gasteiger partial charge in [-0.1, -0.05) is 0 Å². The predicted octanol–water partition coefficient (Wildman–Crippen LogP) is 3.19. The molecule has 22 heavy (non-hydrogen) atoms. The number of sulfonamides is 1. The van der Waals surface area contributed by atoms with Gasteiger partial charge in [-0.2, -0.15) is 0 Å². The fraction of sp³-hybridized carbons (Fsp3) is 0.0714. The van der Waals surface area contributed by atoms with Crippen LogP contribution in [0.15, 0.2) is 47.4 Å². The smallest absolute Gasteiger partial charge is 0.261 e. The molecule has 0 aromatic heterocycles. The van der Waals surface area contributed by atoms with Gasteiger partial charge >= 0.3 is 0 Å². The Balaban J connectivity index is 2.24. The van der Waals surface area contributed by atoms with Crippen molar-refractivity contribution in [3.05, 3.63) is 51.9 Å². The third-order valence-corrected chi connectivity index (χ3v) is 4.71. The maximum Gasteiger partial charge on any atom is 0.261 e. The normalized spacial score (nSPS) is 11.0. The first-order chi connectivity index (χ1) is 10.3. The zero-order valence-electron chi connectivity index (χ0n) is 11.4. The summed E-state index contributed by atoms with van der Waals surface area (Å²) in [5, 5.41) is 2.53. The number of hydrogen-bond donors (Lipinski definition) is 2. The fourth-order valence-corrected chi connectivity index (χ4v) is 3.22. The van der Waals surface area contributed by atoms with Gasteiger partial charge in [0.25, 0.3) is 10.0 Å². The topological polar surface area (TPSA) is 75.3 Å². The Bertz CT molecular complexity index is 807. The number of halogens is 2. The Morgan fingerprint density at radius 2 is 1.77 bits per heavy atom. The summed E-state index contributed by atoms with van der Waals surface area (Å²) in [5.74, 6) is -0.903. The number of carbonyl (C=O) groups excluding carboxylic acids is 1. The van der Waals surface area contributed by atoms with Gasteiger partial charge in [0.2, 0.25) is 5.91 Å². The third-order valence-electron chi connectivity index (χ3n) is 2.66. The molecule has 0 heterocycles. The molecule has 0 fully saturated rings. The van der Waals surface area contributed by atoms with Crippen LogP contribution in [0.5, 0.6) is 0 Å². The molecule has 5 nitrogen and oxygen atoms in total. The highest BCUT2D eigenvalue weighted by Gasteiger charge is 2.16. The van der Waals surface area contributed by atoms with Crippen molar-refractivity contribution < 1.29 is 17.6 Å². The molecule has 0 aliphatic rings. The predicted molar refractivity (Wildman–Crippen MR) is 90.7 cm³/mol. The molecule has 0 spiro atoms. The zero-order chi connectivity index (χ0) is 16.3. The van der Waals surface area contributed by atoms with E-state index in [0.29, 0.717) is 9.26 Å². The standard InChI is InChI=1S/C14H12FIN2O3S/c1-9(19)17-11-3-5-12(6-4-11)22(20,21)18-14-7-2-10(16)8-13(14)15/h2-8,18H,1H3,(H,17,19). The summed E-state index contributed by atoms with van der Waals surface area (Å²) in [6, 6.07) is 9.77. The molecular formula is C14H12FIN2O3S. The van der Waals surface area contributed by atoms with Crippen LogP contribution in [0.2, 0.25) is 0 Å². The van der Waals surface area contributed by atoms with Gasteiger partial charge in [-0.05, 0) is 65.1 Å². The van der Waals surface area contributed by atoms with Crippen LogP contribution in [0.25, 0.3) is 0 Å². The van der Waals surface area contributed by atoms with E-state index in [1.165, 1.54) is 43.3 Å². The first-order valence-corrected chi connectivity index (χ1v) is 8.69. The number of benzene rings is 2. The summed E-state index contributed by atoms with van der Waals surface area (Å²) in [5.41, 5.74) is 0.359. The van der Waals surface area contributed by atoms with E-state index in [4.69, 9.17) is 0 Å². The molecule has 0 radical (unpaired) electrons. The van der Waals surface area contributed by atoms with E-state index in [9.17, 15) is 17.6 Å². The highest BCUT2D eigenvalue weighted by molar-refractivity contribution is 14.1. The monoisotopic (exact) mass is 434 g/mol. The van der Waals surface area contributed by atoms with Gasteiger partial charge < -0.3 is 5.32 Å². The molecule has 0 bridgehead atoms. The summed E-state index contributed by atoms with van der Waals surface area (Å²) in [6.45, 7) is 1.35. The Morgan fingerprint density at radius 1 is 1.14 bits per heavy atom. The number of hydrogen-bond acceptors (Lipinski definition) is 3. The lowest BCUT2D eigenvalue weighted by Crippen LogP contribution is -2.14. The average molecular weight is 434 g/mol. The molecule has 0 aliphatic carbocycles. The van der Waals surface area contributed by atoms with Gasteiger partial charge in [-0.3, -0.25) is 9.52 Å². The first kappa shape index (κ1) is 16.7. The lowest BCUT2D eigenvalue weighted by Gasteiger charge is -2.10. The van der Waals surface area contributed by atoms with Crippen molar-refractivity contribution in [2.24, 2.45) is 0 Å².